The molecular weight excluding hydrogens is 298 g/mol. The zero-order valence-electron chi connectivity index (χ0n) is 11.3. The number of carboxylic acids is 1. The maximum atomic E-state index is 12.1. The highest BCUT2D eigenvalue weighted by atomic mass is 35.5. The molecule has 0 atom stereocenters. The van der Waals surface area contributed by atoms with Gasteiger partial charge in [-0.05, 0) is 18.2 Å². The van der Waals surface area contributed by atoms with E-state index in [9.17, 15) is 14.4 Å². The molecule has 0 radical (unpaired) electrons. The Hall–Kier alpha value is -2.28. The van der Waals surface area contributed by atoms with Gasteiger partial charge in [0.15, 0.2) is 0 Å². The van der Waals surface area contributed by atoms with Crippen molar-refractivity contribution in [3.8, 4) is 0 Å². The molecule has 1 aromatic rings. The molecule has 1 heterocycles. The quantitative estimate of drug-likeness (QED) is 0.869. The van der Waals surface area contributed by atoms with E-state index in [2.05, 4.69) is 5.32 Å². The Labute approximate surface area is 126 Å². The molecule has 1 aromatic carbocycles. The van der Waals surface area contributed by atoms with E-state index in [0.717, 1.165) is 4.90 Å². The highest BCUT2D eigenvalue weighted by molar-refractivity contribution is 6.34. The summed E-state index contributed by atoms with van der Waals surface area (Å²) in [5, 5.41) is 11.7. The number of likely N-dealkylation sites (N-methyl/N-ethyl adjacent to an activating group) is 1. The molecule has 0 unspecified atom stereocenters. The van der Waals surface area contributed by atoms with Crippen LogP contribution < -0.4 is 10.2 Å². The minimum absolute atomic E-state index is 0.276. The van der Waals surface area contributed by atoms with Gasteiger partial charge in [-0.15, -0.1) is 0 Å². The van der Waals surface area contributed by atoms with Gasteiger partial charge in [-0.1, -0.05) is 11.6 Å². The summed E-state index contributed by atoms with van der Waals surface area (Å²) in [6.07, 6.45) is 0. The molecule has 2 rings (SSSR count). The lowest BCUT2D eigenvalue weighted by atomic mass is 10.1. The first kappa shape index (κ1) is 15.1. The average molecular weight is 312 g/mol. The van der Waals surface area contributed by atoms with Crippen LogP contribution in [0, 0.1) is 0 Å². The maximum absolute atomic E-state index is 12.1. The van der Waals surface area contributed by atoms with Crippen molar-refractivity contribution in [1.29, 1.82) is 0 Å². The molecule has 1 aliphatic heterocycles. The lowest BCUT2D eigenvalue weighted by Gasteiger charge is -2.19. The normalized spacial score (nSPS) is 14.0. The summed E-state index contributed by atoms with van der Waals surface area (Å²) >= 11 is 6.07. The van der Waals surface area contributed by atoms with Crippen molar-refractivity contribution in [3.63, 3.8) is 0 Å². The molecule has 1 aliphatic rings. The van der Waals surface area contributed by atoms with E-state index in [-0.39, 0.29) is 11.6 Å². The minimum Gasteiger partial charge on any atom is -0.480 e. The standard InChI is InChI=1S/C13H14ClN3O4/c1-16(7-11(18)19)12(20)8-2-3-9(14)10(6-8)17-5-4-15-13(17)21/h2-3,6H,4-5,7H2,1H3,(H,15,21)(H,18,19). The summed E-state index contributed by atoms with van der Waals surface area (Å²) in [4.78, 5) is 37.0. The van der Waals surface area contributed by atoms with E-state index in [1.54, 1.807) is 0 Å². The van der Waals surface area contributed by atoms with Gasteiger partial charge in [-0.2, -0.15) is 0 Å². The summed E-state index contributed by atoms with van der Waals surface area (Å²) in [6.45, 7) is 0.564. The smallest absolute Gasteiger partial charge is 0.323 e. The number of urea groups is 1. The van der Waals surface area contributed by atoms with Gasteiger partial charge in [0.05, 0.1) is 10.7 Å². The zero-order chi connectivity index (χ0) is 15.6. The van der Waals surface area contributed by atoms with Crippen LogP contribution in [0.5, 0.6) is 0 Å². The SMILES string of the molecule is CN(CC(=O)O)C(=O)c1ccc(Cl)c(N2CCNC2=O)c1. The number of amides is 3. The predicted molar refractivity (Wildman–Crippen MR) is 76.8 cm³/mol. The summed E-state index contributed by atoms with van der Waals surface area (Å²) in [6, 6.07) is 4.24. The monoisotopic (exact) mass is 311 g/mol. The first-order valence-corrected chi connectivity index (χ1v) is 6.60. The van der Waals surface area contributed by atoms with Gasteiger partial charge in [0.2, 0.25) is 0 Å². The second-order valence-corrected chi connectivity index (χ2v) is 5.01. The van der Waals surface area contributed by atoms with E-state index in [1.807, 2.05) is 0 Å². The van der Waals surface area contributed by atoms with Gasteiger partial charge in [-0.25, -0.2) is 4.79 Å². The Morgan fingerprint density at radius 1 is 1.48 bits per heavy atom. The van der Waals surface area contributed by atoms with E-state index in [0.29, 0.717) is 23.8 Å². The van der Waals surface area contributed by atoms with Gasteiger partial charge >= 0.3 is 12.0 Å². The third kappa shape index (κ3) is 3.25. The Morgan fingerprint density at radius 2 is 2.19 bits per heavy atom. The summed E-state index contributed by atoms with van der Waals surface area (Å²) in [5.74, 6) is -1.55. The number of carboxylic acid groups (broad SMARTS) is 1. The number of aliphatic carboxylic acids is 1. The second kappa shape index (κ2) is 6.01. The number of nitrogens with one attached hydrogen (secondary N) is 1. The van der Waals surface area contributed by atoms with E-state index in [4.69, 9.17) is 16.7 Å². The fourth-order valence-corrected chi connectivity index (χ4v) is 2.27. The molecule has 0 spiro atoms. The summed E-state index contributed by atoms with van der Waals surface area (Å²) in [5.41, 5.74) is 0.707. The number of hydrogen-bond acceptors (Lipinski definition) is 3. The number of hydrogen-bond donors (Lipinski definition) is 2. The van der Waals surface area contributed by atoms with Crippen LogP contribution in [0.2, 0.25) is 5.02 Å². The van der Waals surface area contributed by atoms with Crippen LogP contribution >= 0.6 is 11.6 Å². The third-order valence-corrected chi connectivity index (χ3v) is 3.38. The maximum Gasteiger partial charge on any atom is 0.323 e. The molecular formula is C13H14ClN3O4. The molecule has 1 fully saturated rings. The minimum atomic E-state index is -1.10. The molecule has 0 aliphatic carbocycles. The third-order valence-electron chi connectivity index (χ3n) is 3.06. The number of benzene rings is 1. The Kier molecular flexibility index (Phi) is 4.32. The summed E-state index contributed by atoms with van der Waals surface area (Å²) < 4.78 is 0. The number of nitrogens with zero attached hydrogens (tertiary/aromatic N) is 2. The fourth-order valence-electron chi connectivity index (χ4n) is 2.05. The molecule has 7 nitrogen and oxygen atoms in total. The molecule has 112 valence electrons. The molecule has 3 amide bonds. The Morgan fingerprint density at radius 3 is 2.76 bits per heavy atom. The van der Waals surface area contributed by atoms with Crippen LogP contribution in [0.25, 0.3) is 0 Å². The predicted octanol–water partition coefficient (Wildman–Crippen LogP) is 1.03. The number of anilines is 1. The van der Waals surface area contributed by atoms with Crippen molar-refractivity contribution in [1.82, 2.24) is 10.2 Å². The summed E-state index contributed by atoms with van der Waals surface area (Å²) in [7, 11) is 1.40. The first-order valence-electron chi connectivity index (χ1n) is 6.22. The van der Waals surface area contributed by atoms with Crippen LogP contribution in [0.3, 0.4) is 0 Å². The Bertz CT molecular complexity index is 605. The number of carbonyl (C=O) groups is 3. The zero-order valence-corrected chi connectivity index (χ0v) is 12.1. The van der Waals surface area contributed by atoms with Crippen molar-refractivity contribution in [2.75, 3.05) is 31.6 Å². The van der Waals surface area contributed by atoms with Crippen LogP contribution in [0.15, 0.2) is 18.2 Å². The molecule has 8 heteroatoms. The van der Waals surface area contributed by atoms with Crippen LogP contribution in [-0.2, 0) is 4.79 Å². The van der Waals surface area contributed by atoms with Crippen molar-refractivity contribution in [3.05, 3.63) is 28.8 Å². The van der Waals surface area contributed by atoms with E-state index in [1.165, 1.54) is 30.1 Å². The lowest BCUT2D eigenvalue weighted by molar-refractivity contribution is -0.137. The highest BCUT2D eigenvalue weighted by Gasteiger charge is 2.24. The molecule has 0 saturated carbocycles. The first-order chi connectivity index (χ1) is 9.90. The van der Waals surface area contributed by atoms with E-state index >= 15 is 0 Å². The molecule has 0 aromatic heterocycles. The fraction of sp³-hybridized carbons (Fsp3) is 0.308. The molecule has 1 saturated heterocycles. The van der Waals surface area contributed by atoms with Crippen LogP contribution in [0.1, 0.15) is 10.4 Å². The van der Waals surface area contributed by atoms with Crippen LogP contribution in [0.4, 0.5) is 10.5 Å². The second-order valence-electron chi connectivity index (χ2n) is 4.60. The van der Waals surface area contributed by atoms with Crippen LogP contribution in [-0.4, -0.2) is 54.6 Å². The number of rotatable bonds is 4. The average Bonchev–Trinajstić information content (AvgIpc) is 2.84. The molecule has 0 bridgehead atoms. The largest absolute Gasteiger partial charge is 0.480 e. The van der Waals surface area contributed by atoms with Crippen molar-refractivity contribution in [2.24, 2.45) is 0 Å². The van der Waals surface area contributed by atoms with Gasteiger partial charge in [0, 0.05) is 25.7 Å². The van der Waals surface area contributed by atoms with Crippen molar-refractivity contribution >= 4 is 35.2 Å². The molecule has 2 N–H and O–H groups in total. The van der Waals surface area contributed by atoms with Gasteiger partial charge in [-0.3, -0.25) is 14.5 Å². The lowest BCUT2D eigenvalue weighted by Crippen LogP contribution is -2.32. The Balaban J connectivity index is 2.28. The number of carbonyl (C=O) groups excluding carboxylic acids is 2. The number of halogens is 1. The van der Waals surface area contributed by atoms with Crippen molar-refractivity contribution < 1.29 is 19.5 Å². The highest BCUT2D eigenvalue weighted by Crippen LogP contribution is 2.28. The van der Waals surface area contributed by atoms with Gasteiger partial charge in [0.25, 0.3) is 5.91 Å². The topological polar surface area (TPSA) is 90.0 Å². The molecule has 21 heavy (non-hydrogen) atoms. The van der Waals surface area contributed by atoms with E-state index < -0.39 is 18.4 Å². The van der Waals surface area contributed by atoms with Gasteiger partial charge < -0.3 is 15.3 Å². The van der Waals surface area contributed by atoms with Crippen molar-refractivity contribution in [2.45, 2.75) is 0 Å². The van der Waals surface area contributed by atoms with Gasteiger partial charge in [0.1, 0.15) is 6.54 Å².